The highest BCUT2D eigenvalue weighted by molar-refractivity contribution is 7.16. The van der Waals surface area contributed by atoms with E-state index in [-0.39, 0.29) is 16.9 Å². The van der Waals surface area contributed by atoms with Crippen LogP contribution in [0.15, 0.2) is 42.5 Å². The Morgan fingerprint density at radius 1 is 1.04 bits per heavy atom. The summed E-state index contributed by atoms with van der Waals surface area (Å²) in [6, 6.07) is 13.9. The molecule has 1 saturated heterocycles. The first-order valence-corrected chi connectivity index (χ1v) is 10.9. The summed E-state index contributed by atoms with van der Waals surface area (Å²) in [5, 5.41) is 0. The highest BCUT2D eigenvalue weighted by Gasteiger charge is 2.48. The molecule has 1 aliphatic heterocycles. The lowest BCUT2D eigenvalue weighted by molar-refractivity contribution is 0.0394. The molecule has 1 aliphatic carbocycles. The summed E-state index contributed by atoms with van der Waals surface area (Å²) in [5.74, 6) is 0.182. The zero-order valence-corrected chi connectivity index (χ0v) is 17.7. The van der Waals surface area contributed by atoms with Gasteiger partial charge in [0.05, 0.1) is 9.88 Å². The van der Waals surface area contributed by atoms with Crippen LogP contribution in [0.25, 0.3) is 0 Å². The number of benzene rings is 1. The fourth-order valence-electron chi connectivity index (χ4n) is 4.95. The van der Waals surface area contributed by atoms with Gasteiger partial charge in [0, 0.05) is 23.5 Å². The smallest absolute Gasteiger partial charge is 0.253 e. The van der Waals surface area contributed by atoms with Crippen molar-refractivity contribution in [2.75, 3.05) is 27.2 Å². The molecule has 1 amide bonds. The topological polar surface area (TPSA) is 23.6 Å². The van der Waals surface area contributed by atoms with E-state index < -0.39 is 0 Å². The molecule has 1 aromatic heterocycles. The number of hydrogen-bond donors (Lipinski definition) is 0. The molecular formula is C22H27ClN2OS. The molecule has 5 heteroatoms. The van der Waals surface area contributed by atoms with Crippen LogP contribution in [-0.2, 0) is 5.54 Å². The number of halogens is 1. The lowest BCUT2D eigenvalue weighted by atomic mass is 9.66. The molecule has 2 aromatic rings. The lowest BCUT2D eigenvalue weighted by Crippen LogP contribution is -2.47. The van der Waals surface area contributed by atoms with Crippen molar-refractivity contribution in [2.24, 2.45) is 5.41 Å². The molecule has 0 unspecified atom stereocenters. The number of thiophene rings is 1. The van der Waals surface area contributed by atoms with Crippen molar-refractivity contribution in [3.05, 3.63) is 57.2 Å². The standard InChI is InChI=1S/C22H27ClN2OS/c1-24(2)22(18-8-9-19(23)27-18)12-10-21(11-13-22)14-15-25(16-21)20(26)17-6-4-3-5-7-17/h3-9H,10-16H2,1-2H3. The van der Waals surface area contributed by atoms with Crippen molar-refractivity contribution in [3.63, 3.8) is 0 Å². The Kier molecular flexibility index (Phi) is 5.08. The summed E-state index contributed by atoms with van der Waals surface area (Å²) in [5.41, 5.74) is 1.17. The fraction of sp³-hybridized carbons (Fsp3) is 0.500. The van der Waals surface area contributed by atoms with Crippen LogP contribution in [0.2, 0.25) is 4.34 Å². The summed E-state index contributed by atoms with van der Waals surface area (Å²) in [7, 11) is 4.37. The van der Waals surface area contributed by atoms with Gasteiger partial charge in [0.15, 0.2) is 0 Å². The molecule has 0 atom stereocenters. The minimum Gasteiger partial charge on any atom is -0.338 e. The molecule has 3 nitrogen and oxygen atoms in total. The number of carbonyl (C=O) groups excluding carboxylic acids is 1. The summed E-state index contributed by atoms with van der Waals surface area (Å²) in [6.07, 6.45) is 5.72. The first-order chi connectivity index (χ1) is 12.9. The second-order valence-electron chi connectivity index (χ2n) is 8.37. The number of likely N-dealkylation sites (tertiary alicyclic amines) is 1. The van der Waals surface area contributed by atoms with Crippen molar-refractivity contribution in [3.8, 4) is 0 Å². The maximum absolute atomic E-state index is 12.8. The van der Waals surface area contributed by atoms with Gasteiger partial charge in [0.1, 0.15) is 0 Å². The average molecular weight is 403 g/mol. The molecule has 0 N–H and O–H groups in total. The van der Waals surface area contributed by atoms with E-state index in [1.807, 2.05) is 36.4 Å². The normalized spacial score (nSPS) is 28.2. The van der Waals surface area contributed by atoms with E-state index in [4.69, 9.17) is 11.6 Å². The molecule has 1 saturated carbocycles. The van der Waals surface area contributed by atoms with E-state index in [2.05, 4.69) is 30.0 Å². The molecule has 4 rings (SSSR count). The molecule has 0 radical (unpaired) electrons. The molecule has 144 valence electrons. The molecule has 1 aromatic carbocycles. The van der Waals surface area contributed by atoms with Crippen molar-refractivity contribution in [2.45, 2.75) is 37.6 Å². The van der Waals surface area contributed by atoms with Gasteiger partial charge in [0.25, 0.3) is 5.91 Å². The number of amides is 1. The maximum atomic E-state index is 12.8. The Morgan fingerprint density at radius 2 is 1.74 bits per heavy atom. The van der Waals surface area contributed by atoms with E-state index >= 15 is 0 Å². The van der Waals surface area contributed by atoms with E-state index in [0.717, 1.165) is 42.3 Å². The number of nitrogens with zero attached hydrogens (tertiary/aromatic N) is 2. The van der Waals surface area contributed by atoms with Crippen LogP contribution >= 0.6 is 22.9 Å². The van der Waals surface area contributed by atoms with Crippen LogP contribution in [0.3, 0.4) is 0 Å². The van der Waals surface area contributed by atoms with Crippen LogP contribution < -0.4 is 0 Å². The zero-order valence-electron chi connectivity index (χ0n) is 16.1. The van der Waals surface area contributed by atoms with Gasteiger partial charge in [-0.3, -0.25) is 9.69 Å². The first-order valence-electron chi connectivity index (χ1n) is 9.72. The van der Waals surface area contributed by atoms with Gasteiger partial charge in [-0.2, -0.15) is 0 Å². The SMILES string of the molecule is CN(C)C1(c2ccc(Cl)s2)CCC2(CCN(C(=O)c3ccccc3)C2)CC1. The zero-order chi connectivity index (χ0) is 19.1. The second-order valence-corrected chi connectivity index (χ2v) is 10.1. The monoisotopic (exact) mass is 402 g/mol. The van der Waals surface area contributed by atoms with Gasteiger partial charge >= 0.3 is 0 Å². The van der Waals surface area contributed by atoms with Crippen LogP contribution in [0.1, 0.15) is 47.3 Å². The third-order valence-electron chi connectivity index (χ3n) is 6.77. The highest BCUT2D eigenvalue weighted by Crippen LogP contribution is 2.53. The fourth-order valence-corrected chi connectivity index (χ4v) is 6.32. The molecule has 2 heterocycles. The van der Waals surface area contributed by atoms with Gasteiger partial charge in [-0.1, -0.05) is 29.8 Å². The van der Waals surface area contributed by atoms with Gasteiger partial charge in [-0.25, -0.2) is 0 Å². The quantitative estimate of drug-likeness (QED) is 0.698. The second kappa shape index (κ2) is 7.23. The van der Waals surface area contributed by atoms with Gasteiger partial charge in [-0.15, -0.1) is 11.3 Å². The van der Waals surface area contributed by atoms with E-state index in [0.29, 0.717) is 0 Å². The Hall–Kier alpha value is -1.36. The number of hydrogen-bond acceptors (Lipinski definition) is 3. The third-order valence-corrected chi connectivity index (χ3v) is 8.20. The van der Waals surface area contributed by atoms with Crippen LogP contribution in [0.5, 0.6) is 0 Å². The minimum atomic E-state index is 0.0832. The van der Waals surface area contributed by atoms with Crippen molar-refractivity contribution >= 4 is 28.8 Å². The van der Waals surface area contributed by atoms with Crippen molar-refractivity contribution in [1.82, 2.24) is 9.80 Å². The van der Waals surface area contributed by atoms with Crippen molar-refractivity contribution in [1.29, 1.82) is 0 Å². The number of carbonyl (C=O) groups is 1. The Morgan fingerprint density at radius 3 is 2.33 bits per heavy atom. The third kappa shape index (κ3) is 3.43. The Labute approximate surface area is 170 Å². The van der Waals surface area contributed by atoms with Gasteiger partial charge in [-0.05, 0) is 75.9 Å². The molecule has 2 aliphatic rings. The summed E-state index contributed by atoms with van der Waals surface area (Å²) >= 11 is 7.95. The largest absolute Gasteiger partial charge is 0.338 e. The van der Waals surface area contributed by atoms with Gasteiger partial charge in [0.2, 0.25) is 0 Å². The van der Waals surface area contributed by atoms with E-state index in [9.17, 15) is 4.79 Å². The molecule has 27 heavy (non-hydrogen) atoms. The lowest BCUT2D eigenvalue weighted by Gasteiger charge is -2.48. The summed E-state index contributed by atoms with van der Waals surface area (Å²) in [4.78, 5) is 18.7. The summed E-state index contributed by atoms with van der Waals surface area (Å²) < 4.78 is 0.868. The van der Waals surface area contributed by atoms with Crippen LogP contribution in [0.4, 0.5) is 0 Å². The van der Waals surface area contributed by atoms with Crippen LogP contribution in [-0.4, -0.2) is 42.9 Å². The summed E-state index contributed by atoms with van der Waals surface area (Å²) in [6.45, 7) is 1.78. The Balaban J connectivity index is 1.48. The average Bonchev–Trinajstić information content (AvgIpc) is 3.30. The molecular weight excluding hydrogens is 376 g/mol. The predicted octanol–water partition coefficient (Wildman–Crippen LogP) is 5.26. The minimum absolute atomic E-state index is 0.0832. The maximum Gasteiger partial charge on any atom is 0.253 e. The number of rotatable bonds is 3. The van der Waals surface area contributed by atoms with Crippen LogP contribution in [0, 0.1) is 5.41 Å². The van der Waals surface area contributed by atoms with Crippen molar-refractivity contribution < 1.29 is 4.79 Å². The molecule has 2 fully saturated rings. The van der Waals surface area contributed by atoms with E-state index in [1.54, 1.807) is 11.3 Å². The first kappa shape index (κ1) is 19.0. The molecule has 0 bridgehead atoms. The molecule has 1 spiro atoms. The predicted molar refractivity (Wildman–Crippen MR) is 113 cm³/mol. The highest BCUT2D eigenvalue weighted by atomic mass is 35.5. The van der Waals surface area contributed by atoms with Gasteiger partial charge < -0.3 is 4.90 Å². The van der Waals surface area contributed by atoms with E-state index in [1.165, 1.54) is 17.7 Å². The Bertz CT molecular complexity index is 809.